The number of carbonyl (C=O) groups is 1. The quantitative estimate of drug-likeness (QED) is 0.584. The standard InChI is InChI=1S/C24H28N4OS/c1-15-10-16(2)12-18(11-15)25-24(29)28-13-20-19-7-9-26(4)14-22(19)30-23(20)27-8-5-6-21(27)17(28)3/h5-6,8,10-12,17H,7,9,13-14H2,1-4H3,(H,25,29)/t17-/m0/s1. The summed E-state index contributed by atoms with van der Waals surface area (Å²) in [5.41, 5.74) is 7.10. The van der Waals surface area contributed by atoms with Crippen molar-refractivity contribution in [1.29, 1.82) is 0 Å². The van der Waals surface area contributed by atoms with Crippen molar-refractivity contribution < 1.29 is 4.79 Å². The number of urea groups is 1. The van der Waals surface area contributed by atoms with Gasteiger partial charge in [0.05, 0.1) is 12.6 Å². The molecule has 0 saturated heterocycles. The lowest BCUT2D eigenvalue weighted by Crippen LogP contribution is -2.36. The summed E-state index contributed by atoms with van der Waals surface area (Å²) in [6.45, 7) is 8.96. The van der Waals surface area contributed by atoms with E-state index >= 15 is 0 Å². The van der Waals surface area contributed by atoms with Gasteiger partial charge in [0.1, 0.15) is 5.00 Å². The first-order valence-corrected chi connectivity index (χ1v) is 11.4. The lowest BCUT2D eigenvalue weighted by atomic mass is 10.0. The Morgan fingerprint density at radius 3 is 2.67 bits per heavy atom. The highest BCUT2D eigenvalue weighted by atomic mass is 32.1. The molecule has 2 amide bonds. The van der Waals surface area contributed by atoms with Crippen LogP contribution in [0.5, 0.6) is 0 Å². The number of hydrogen-bond acceptors (Lipinski definition) is 3. The average Bonchev–Trinajstić information content (AvgIpc) is 3.26. The number of aryl methyl sites for hydroxylation is 2. The molecule has 0 spiro atoms. The predicted octanol–water partition coefficient (Wildman–Crippen LogP) is 5.25. The number of amides is 2. The fourth-order valence-corrected chi connectivity index (χ4v) is 6.26. The Hall–Kier alpha value is -2.57. The van der Waals surface area contributed by atoms with Gasteiger partial charge in [-0.1, -0.05) is 6.07 Å². The fourth-order valence-electron chi connectivity index (χ4n) is 4.82. The summed E-state index contributed by atoms with van der Waals surface area (Å²) >= 11 is 1.89. The van der Waals surface area contributed by atoms with E-state index in [-0.39, 0.29) is 12.1 Å². The van der Waals surface area contributed by atoms with Crippen molar-refractivity contribution in [2.45, 2.75) is 46.3 Å². The van der Waals surface area contributed by atoms with Crippen molar-refractivity contribution >= 4 is 23.1 Å². The van der Waals surface area contributed by atoms with E-state index in [4.69, 9.17) is 0 Å². The Labute approximate surface area is 181 Å². The third kappa shape index (κ3) is 3.24. The molecule has 30 heavy (non-hydrogen) atoms. The maximum atomic E-state index is 13.4. The summed E-state index contributed by atoms with van der Waals surface area (Å²) in [5.74, 6) is 0. The third-order valence-electron chi connectivity index (χ3n) is 6.29. The molecule has 0 unspecified atom stereocenters. The minimum atomic E-state index is -0.0408. The number of benzene rings is 1. The third-order valence-corrected chi connectivity index (χ3v) is 7.55. The van der Waals surface area contributed by atoms with E-state index in [9.17, 15) is 4.79 Å². The molecule has 2 aromatic heterocycles. The van der Waals surface area contributed by atoms with E-state index in [1.54, 1.807) is 0 Å². The van der Waals surface area contributed by atoms with Gasteiger partial charge in [0, 0.05) is 41.1 Å². The van der Waals surface area contributed by atoms with Crippen LogP contribution in [0.4, 0.5) is 10.5 Å². The van der Waals surface area contributed by atoms with Crippen LogP contribution >= 0.6 is 11.3 Å². The molecule has 3 aromatic rings. The van der Waals surface area contributed by atoms with Crippen molar-refractivity contribution in [3.8, 4) is 5.00 Å². The molecule has 2 aliphatic rings. The number of likely N-dealkylation sites (N-methyl/N-ethyl adjacent to an activating group) is 1. The molecule has 5 nitrogen and oxygen atoms in total. The number of nitrogens with zero attached hydrogens (tertiary/aromatic N) is 3. The minimum Gasteiger partial charge on any atom is -0.312 e. The number of thiophene rings is 1. The van der Waals surface area contributed by atoms with Crippen LogP contribution < -0.4 is 5.32 Å². The van der Waals surface area contributed by atoms with Gasteiger partial charge in [-0.15, -0.1) is 11.3 Å². The van der Waals surface area contributed by atoms with E-state index in [0.717, 1.165) is 42.0 Å². The highest BCUT2D eigenvalue weighted by Gasteiger charge is 2.33. The molecule has 0 bridgehead atoms. The van der Waals surface area contributed by atoms with Crippen LogP contribution in [0.2, 0.25) is 0 Å². The van der Waals surface area contributed by atoms with Gasteiger partial charge in [0.15, 0.2) is 0 Å². The zero-order chi connectivity index (χ0) is 21.0. The van der Waals surface area contributed by atoms with Crippen LogP contribution in [0, 0.1) is 13.8 Å². The minimum absolute atomic E-state index is 0.00702. The summed E-state index contributed by atoms with van der Waals surface area (Å²) in [4.78, 5) is 19.2. The number of anilines is 1. The summed E-state index contributed by atoms with van der Waals surface area (Å²) in [7, 11) is 2.18. The van der Waals surface area contributed by atoms with Gasteiger partial charge < -0.3 is 19.7 Å². The van der Waals surface area contributed by atoms with Crippen molar-refractivity contribution in [3.63, 3.8) is 0 Å². The number of aromatic nitrogens is 1. The first-order valence-electron chi connectivity index (χ1n) is 10.6. The van der Waals surface area contributed by atoms with Gasteiger partial charge in [-0.25, -0.2) is 4.79 Å². The van der Waals surface area contributed by atoms with Crippen LogP contribution in [0.15, 0.2) is 36.5 Å². The van der Waals surface area contributed by atoms with Gasteiger partial charge in [0.25, 0.3) is 0 Å². The van der Waals surface area contributed by atoms with Gasteiger partial charge in [-0.05, 0) is 75.2 Å². The normalized spacial score (nSPS) is 18.4. The highest BCUT2D eigenvalue weighted by molar-refractivity contribution is 7.15. The Morgan fingerprint density at radius 2 is 1.90 bits per heavy atom. The second kappa shape index (κ2) is 7.29. The first-order chi connectivity index (χ1) is 14.4. The highest BCUT2D eigenvalue weighted by Crippen LogP contribution is 2.41. The topological polar surface area (TPSA) is 40.5 Å². The second-order valence-electron chi connectivity index (χ2n) is 8.69. The van der Waals surface area contributed by atoms with E-state index in [2.05, 4.69) is 67.0 Å². The second-order valence-corrected chi connectivity index (χ2v) is 9.77. The number of rotatable bonds is 1. The SMILES string of the molecule is Cc1cc(C)cc(NC(=O)N2Cc3c(sc4c3CCN(C)C4)-n3cccc3[C@@H]2C)c1. The van der Waals surface area contributed by atoms with Gasteiger partial charge in [0.2, 0.25) is 0 Å². The van der Waals surface area contributed by atoms with Crippen LogP contribution in [-0.4, -0.2) is 34.0 Å². The molecule has 1 aromatic carbocycles. The molecule has 156 valence electrons. The maximum Gasteiger partial charge on any atom is 0.322 e. The molecule has 1 atom stereocenters. The number of carbonyl (C=O) groups excluding carboxylic acids is 1. The molecule has 4 heterocycles. The van der Waals surface area contributed by atoms with Crippen LogP contribution in [-0.2, 0) is 19.5 Å². The molecule has 5 rings (SSSR count). The molecular weight excluding hydrogens is 392 g/mol. The van der Waals surface area contributed by atoms with E-state index < -0.39 is 0 Å². The first kappa shape index (κ1) is 19.4. The van der Waals surface area contributed by atoms with Crippen molar-refractivity contribution in [3.05, 3.63) is 69.4 Å². The van der Waals surface area contributed by atoms with E-state index in [1.165, 1.54) is 21.0 Å². The molecule has 0 fully saturated rings. The molecule has 1 N–H and O–H groups in total. The van der Waals surface area contributed by atoms with Crippen molar-refractivity contribution in [2.75, 3.05) is 18.9 Å². The van der Waals surface area contributed by atoms with Gasteiger partial charge in [-0.2, -0.15) is 0 Å². The zero-order valence-electron chi connectivity index (χ0n) is 18.0. The average molecular weight is 421 g/mol. The summed E-state index contributed by atoms with van der Waals surface area (Å²) in [6, 6.07) is 10.4. The largest absolute Gasteiger partial charge is 0.322 e. The van der Waals surface area contributed by atoms with Gasteiger partial charge in [-0.3, -0.25) is 0 Å². The monoisotopic (exact) mass is 420 g/mol. The number of nitrogens with one attached hydrogen (secondary N) is 1. The van der Waals surface area contributed by atoms with E-state index in [1.807, 2.05) is 28.4 Å². The van der Waals surface area contributed by atoms with Crippen molar-refractivity contribution in [1.82, 2.24) is 14.4 Å². The number of fused-ring (bicyclic) bond motifs is 5. The lowest BCUT2D eigenvalue weighted by molar-refractivity contribution is 0.189. The predicted molar refractivity (Wildman–Crippen MR) is 123 cm³/mol. The van der Waals surface area contributed by atoms with Gasteiger partial charge >= 0.3 is 6.03 Å². The Balaban J connectivity index is 1.54. The number of hydrogen-bond donors (Lipinski definition) is 1. The molecular formula is C24H28N4OS. The Kier molecular flexibility index (Phi) is 4.71. The molecule has 0 radical (unpaired) electrons. The van der Waals surface area contributed by atoms with Crippen molar-refractivity contribution in [2.24, 2.45) is 0 Å². The fraction of sp³-hybridized carbons (Fsp3) is 0.375. The summed E-state index contributed by atoms with van der Waals surface area (Å²) in [6.07, 6.45) is 3.19. The molecule has 2 aliphatic heterocycles. The van der Waals surface area contributed by atoms with Crippen LogP contribution in [0.3, 0.4) is 0 Å². The molecule has 0 aliphatic carbocycles. The summed E-state index contributed by atoms with van der Waals surface area (Å²) in [5, 5.41) is 4.44. The molecule has 0 saturated carbocycles. The summed E-state index contributed by atoms with van der Waals surface area (Å²) < 4.78 is 2.30. The lowest BCUT2D eigenvalue weighted by Gasteiger charge is -2.29. The van der Waals surface area contributed by atoms with Crippen LogP contribution in [0.1, 0.15) is 45.8 Å². The van der Waals surface area contributed by atoms with Crippen LogP contribution in [0.25, 0.3) is 5.00 Å². The Bertz CT molecular complexity index is 1110. The molecule has 6 heteroatoms. The maximum absolute atomic E-state index is 13.4. The zero-order valence-corrected chi connectivity index (χ0v) is 18.8. The smallest absolute Gasteiger partial charge is 0.312 e. The Morgan fingerprint density at radius 1 is 1.13 bits per heavy atom. The van der Waals surface area contributed by atoms with E-state index in [0.29, 0.717) is 6.54 Å².